The van der Waals surface area contributed by atoms with Crippen LogP contribution in [0.3, 0.4) is 0 Å². The van der Waals surface area contributed by atoms with Crippen molar-refractivity contribution in [3.05, 3.63) is 60.4 Å². The fraction of sp³-hybridized carbons (Fsp3) is 0.118. The molecule has 3 aromatic rings. The maximum atomic E-state index is 11.8. The van der Waals surface area contributed by atoms with E-state index in [1.54, 1.807) is 6.07 Å². The number of aliphatic hydroxyl groups is 1. The normalized spacial score (nSPS) is 11.9. The summed E-state index contributed by atoms with van der Waals surface area (Å²) in [5.74, 6) is -1.60. The van der Waals surface area contributed by atoms with E-state index < -0.39 is 17.9 Å². The Balaban J connectivity index is 1.63. The van der Waals surface area contributed by atoms with Crippen LogP contribution in [0.1, 0.15) is 11.7 Å². The standard InChI is InChI=1S/C17H15N3O4/c21-14(13-7-3-5-11-4-1-2-6-12(11)13)10-18-16(22)17(23)19-15-8-9-24-20-15/h1-9,14,21H,10H2,(H,18,22)(H,19,20,23)/t14-/m0/s1. The summed E-state index contributed by atoms with van der Waals surface area (Å²) in [6.45, 7) is -0.0842. The SMILES string of the molecule is O=C(NC[C@H](O)c1cccc2ccccc12)C(=O)Nc1ccon1. The lowest BCUT2D eigenvalue weighted by atomic mass is 10.0. The minimum atomic E-state index is -0.931. The molecule has 0 saturated carbocycles. The first-order valence-electron chi connectivity index (χ1n) is 7.30. The Hall–Kier alpha value is -3.19. The molecule has 1 heterocycles. The topological polar surface area (TPSA) is 104 Å². The Morgan fingerprint density at radius 1 is 1.08 bits per heavy atom. The predicted octanol–water partition coefficient (Wildman–Crippen LogP) is 1.62. The van der Waals surface area contributed by atoms with E-state index in [1.165, 1.54) is 12.3 Å². The minimum absolute atomic E-state index is 0.0842. The van der Waals surface area contributed by atoms with E-state index in [2.05, 4.69) is 20.3 Å². The number of nitrogens with one attached hydrogen (secondary N) is 2. The summed E-state index contributed by atoms with van der Waals surface area (Å²) in [5, 5.41) is 20.4. The van der Waals surface area contributed by atoms with Gasteiger partial charge in [0.15, 0.2) is 5.82 Å². The summed E-state index contributed by atoms with van der Waals surface area (Å²) in [7, 11) is 0. The fourth-order valence-corrected chi connectivity index (χ4v) is 2.37. The first kappa shape index (κ1) is 15.7. The van der Waals surface area contributed by atoms with E-state index in [-0.39, 0.29) is 12.4 Å². The third-order valence-electron chi connectivity index (χ3n) is 3.52. The van der Waals surface area contributed by atoms with Crippen molar-refractivity contribution in [1.29, 1.82) is 0 Å². The molecule has 122 valence electrons. The quantitative estimate of drug-likeness (QED) is 0.632. The molecule has 0 aliphatic carbocycles. The minimum Gasteiger partial charge on any atom is -0.387 e. The molecule has 7 nitrogen and oxygen atoms in total. The molecule has 0 aliphatic rings. The van der Waals surface area contributed by atoms with Crippen LogP contribution in [0.25, 0.3) is 10.8 Å². The second kappa shape index (κ2) is 6.93. The van der Waals surface area contributed by atoms with E-state index in [0.717, 1.165) is 10.8 Å². The smallest absolute Gasteiger partial charge is 0.314 e. The Labute approximate surface area is 137 Å². The molecule has 0 bridgehead atoms. The van der Waals surface area contributed by atoms with Gasteiger partial charge in [-0.3, -0.25) is 14.9 Å². The van der Waals surface area contributed by atoms with E-state index in [9.17, 15) is 14.7 Å². The van der Waals surface area contributed by atoms with Crippen molar-refractivity contribution in [3.63, 3.8) is 0 Å². The van der Waals surface area contributed by atoms with Crippen LogP contribution in [0, 0.1) is 0 Å². The van der Waals surface area contributed by atoms with Crippen LogP contribution < -0.4 is 10.6 Å². The second-order valence-corrected chi connectivity index (χ2v) is 5.13. The van der Waals surface area contributed by atoms with Crippen molar-refractivity contribution in [2.45, 2.75) is 6.10 Å². The van der Waals surface area contributed by atoms with Gasteiger partial charge in [0, 0.05) is 12.6 Å². The van der Waals surface area contributed by atoms with Gasteiger partial charge in [0.05, 0.1) is 6.10 Å². The van der Waals surface area contributed by atoms with Crippen LogP contribution in [0.4, 0.5) is 5.82 Å². The number of anilines is 1. The molecule has 0 saturated heterocycles. The number of hydrogen-bond acceptors (Lipinski definition) is 5. The molecule has 2 amide bonds. The molecule has 2 aromatic carbocycles. The van der Waals surface area contributed by atoms with Gasteiger partial charge in [-0.15, -0.1) is 0 Å². The van der Waals surface area contributed by atoms with Crippen LogP contribution in [0.2, 0.25) is 0 Å². The number of benzene rings is 2. The first-order valence-corrected chi connectivity index (χ1v) is 7.30. The zero-order chi connectivity index (χ0) is 16.9. The maximum Gasteiger partial charge on any atom is 0.314 e. The second-order valence-electron chi connectivity index (χ2n) is 5.13. The molecule has 0 aliphatic heterocycles. The highest BCUT2D eigenvalue weighted by Crippen LogP contribution is 2.23. The van der Waals surface area contributed by atoms with Crippen molar-refractivity contribution in [3.8, 4) is 0 Å². The lowest BCUT2D eigenvalue weighted by Gasteiger charge is -2.14. The van der Waals surface area contributed by atoms with Gasteiger partial charge in [0.2, 0.25) is 0 Å². The van der Waals surface area contributed by atoms with E-state index in [1.807, 2.05) is 36.4 Å². The highest BCUT2D eigenvalue weighted by Gasteiger charge is 2.17. The molecule has 3 rings (SSSR count). The number of hydrogen-bond donors (Lipinski definition) is 3. The van der Waals surface area contributed by atoms with Gasteiger partial charge in [0.25, 0.3) is 0 Å². The number of fused-ring (bicyclic) bond motifs is 1. The zero-order valence-electron chi connectivity index (χ0n) is 12.6. The van der Waals surface area contributed by atoms with Gasteiger partial charge in [0.1, 0.15) is 6.26 Å². The monoisotopic (exact) mass is 325 g/mol. The Morgan fingerprint density at radius 3 is 2.67 bits per heavy atom. The highest BCUT2D eigenvalue weighted by molar-refractivity contribution is 6.39. The Kier molecular flexibility index (Phi) is 4.53. The number of rotatable bonds is 4. The van der Waals surface area contributed by atoms with Crippen LogP contribution in [0.15, 0.2) is 59.3 Å². The highest BCUT2D eigenvalue weighted by atomic mass is 16.5. The van der Waals surface area contributed by atoms with E-state index in [0.29, 0.717) is 5.56 Å². The van der Waals surface area contributed by atoms with Crippen molar-refractivity contribution in [2.24, 2.45) is 0 Å². The third-order valence-corrected chi connectivity index (χ3v) is 3.52. The maximum absolute atomic E-state index is 11.8. The number of carbonyl (C=O) groups is 2. The Morgan fingerprint density at radius 2 is 1.88 bits per heavy atom. The molecule has 1 aromatic heterocycles. The molecule has 7 heteroatoms. The van der Waals surface area contributed by atoms with Gasteiger partial charge in [-0.1, -0.05) is 47.6 Å². The van der Waals surface area contributed by atoms with Gasteiger partial charge >= 0.3 is 11.8 Å². The summed E-state index contributed by atoms with van der Waals surface area (Å²) < 4.78 is 4.56. The summed E-state index contributed by atoms with van der Waals surface area (Å²) in [4.78, 5) is 23.5. The average Bonchev–Trinajstić information content (AvgIpc) is 3.11. The largest absolute Gasteiger partial charge is 0.387 e. The fourth-order valence-electron chi connectivity index (χ4n) is 2.37. The molecule has 3 N–H and O–H groups in total. The summed E-state index contributed by atoms with van der Waals surface area (Å²) >= 11 is 0. The molecule has 0 radical (unpaired) electrons. The van der Waals surface area contributed by atoms with Gasteiger partial charge in [-0.25, -0.2) is 0 Å². The molecule has 0 spiro atoms. The van der Waals surface area contributed by atoms with Crippen molar-refractivity contribution in [1.82, 2.24) is 10.5 Å². The number of amides is 2. The van der Waals surface area contributed by atoms with Gasteiger partial charge < -0.3 is 14.9 Å². The number of aliphatic hydroxyl groups excluding tert-OH is 1. The molecule has 1 atom stereocenters. The summed E-state index contributed by atoms with van der Waals surface area (Å²) in [6.07, 6.45) is 0.345. The van der Waals surface area contributed by atoms with Crippen molar-refractivity contribution < 1.29 is 19.2 Å². The summed E-state index contributed by atoms with van der Waals surface area (Å²) in [6, 6.07) is 14.6. The third kappa shape index (κ3) is 3.41. The number of carbonyl (C=O) groups excluding carboxylic acids is 2. The van der Waals surface area contributed by atoms with Gasteiger partial charge in [-0.2, -0.15) is 0 Å². The van der Waals surface area contributed by atoms with Crippen LogP contribution in [-0.2, 0) is 9.59 Å². The molecule has 24 heavy (non-hydrogen) atoms. The van der Waals surface area contributed by atoms with Crippen LogP contribution >= 0.6 is 0 Å². The zero-order valence-corrected chi connectivity index (χ0v) is 12.6. The van der Waals surface area contributed by atoms with Crippen molar-refractivity contribution in [2.75, 3.05) is 11.9 Å². The lowest BCUT2D eigenvalue weighted by Crippen LogP contribution is -2.37. The Bertz CT molecular complexity index is 856. The number of nitrogens with zero attached hydrogens (tertiary/aromatic N) is 1. The molecular weight excluding hydrogens is 310 g/mol. The lowest BCUT2D eigenvalue weighted by molar-refractivity contribution is -0.136. The van der Waals surface area contributed by atoms with Gasteiger partial charge in [-0.05, 0) is 16.3 Å². The van der Waals surface area contributed by atoms with Crippen LogP contribution in [0.5, 0.6) is 0 Å². The van der Waals surface area contributed by atoms with Crippen molar-refractivity contribution >= 4 is 28.4 Å². The van der Waals surface area contributed by atoms with E-state index in [4.69, 9.17) is 0 Å². The molecular formula is C17H15N3O4. The number of aromatic nitrogens is 1. The predicted molar refractivity (Wildman–Crippen MR) is 87.1 cm³/mol. The van der Waals surface area contributed by atoms with Crippen LogP contribution in [-0.4, -0.2) is 28.6 Å². The molecule has 0 unspecified atom stereocenters. The summed E-state index contributed by atoms with van der Waals surface area (Å²) in [5.41, 5.74) is 0.685. The average molecular weight is 325 g/mol. The first-order chi connectivity index (χ1) is 11.6. The van der Waals surface area contributed by atoms with E-state index >= 15 is 0 Å². The molecule has 0 fully saturated rings.